The number of ether oxygens (including phenoxy) is 1. The number of likely N-dealkylation sites (tertiary alicyclic amines) is 1. The number of benzene rings is 1. The van der Waals surface area contributed by atoms with E-state index in [1.54, 1.807) is 25.4 Å². The summed E-state index contributed by atoms with van der Waals surface area (Å²) in [6, 6.07) is 9.41. The van der Waals surface area contributed by atoms with Crippen molar-refractivity contribution in [1.29, 1.82) is 0 Å². The average Bonchev–Trinajstić information content (AvgIpc) is 3.21. The van der Waals surface area contributed by atoms with Crippen molar-refractivity contribution in [3.8, 4) is 5.75 Å². The molecule has 1 saturated heterocycles. The summed E-state index contributed by atoms with van der Waals surface area (Å²) in [6.07, 6.45) is -1.24. The molecule has 1 amide bonds. The standard InChI is InChI=1S/C20H28N4O2.C2HF3O2/c1-15(2)14-23-12-9-16(10-13-23)24-19(8-11-21-24)22-20(25)17-6-4-5-7-18(17)26-3;3-2(4,5)1(6)7/h4-8,11,15-16H,9-10,12-14H2,1-3H3,(H,22,25);(H,6,7). The van der Waals surface area contributed by atoms with Crippen LogP contribution in [0.2, 0.25) is 0 Å². The van der Waals surface area contributed by atoms with Gasteiger partial charge in [-0.3, -0.25) is 4.79 Å². The lowest BCUT2D eigenvalue weighted by molar-refractivity contribution is -0.192. The van der Waals surface area contributed by atoms with E-state index in [2.05, 4.69) is 29.2 Å². The van der Waals surface area contributed by atoms with Gasteiger partial charge in [0, 0.05) is 25.7 Å². The van der Waals surface area contributed by atoms with Crippen LogP contribution >= 0.6 is 0 Å². The number of rotatable bonds is 6. The molecule has 2 heterocycles. The van der Waals surface area contributed by atoms with Crippen LogP contribution in [0, 0.1) is 5.92 Å². The summed E-state index contributed by atoms with van der Waals surface area (Å²) in [7, 11) is 1.57. The fourth-order valence-electron chi connectivity index (χ4n) is 3.58. The first-order valence-electron chi connectivity index (χ1n) is 10.5. The van der Waals surface area contributed by atoms with Crippen LogP contribution < -0.4 is 10.1 Å². The van der Waals surface area contributed by atoms with Crippen molar-refractivity contribution in [3.05, 3.63) is 42.1 Å². The number of hydrogen-bond acceptors (Lipinski definition) is 5. The van der Waals surface area contributed by atoms with Crippen molar-refractivity contribution in [2.75, 3.05) is 32.1 Å². The van der Waals surface area contributed by atoms with Gasteiger partial charge in [0.25, 0.3) is 5.91 Å². The number of halogens is 3. The highest BCUT2D eigenvalue weighted by molar-refractivity contribution is 6.05. The predicted molar refractivity (Wildman–Crippen MR) is 116 cm³/mol. The van der Waals surface area contributed by atoms with Gasteiger partial charge < -0.3 is 20.1 Å². The van der Waals surface area contributed by atoms with Crippen LogP contribution in [0.15, 0.2) is 36.5 Å². The van der Waals surface area contributed by atoms with Gasteiger partial charge in [-0.15, -0.1) is 0 Å². The molecular weight excluding hydrogens is 441 g/mol. The zero-order valence-corrected chi connectivity index (χ0v) is 18.8. The molecule has 1 aromatic carbocycles. The maximum absolute atomic E-state index is 12.7. The molecule has 0 spiro atoms. The summed E-state index contributed by atoms with van der Waals surface area (Å²) in [5, 5.41) is 14.6. The summed E-state index contributed by atoms with van der Waals surface area (Å²) < 4.78 is 39.0. The summed E-state index contributed by atoms with van der Waals surface area (Å²) >= 11 is 0. The number of piperidine rings is 1. The Morgan fingerprint density at radius 3 is 2.36 bits per heavy atom. The topological polar surface area (TPSA) is 96.7 Å². The molecule has 11 heteroatoms. The summed E-state index contributed by atoms with van der Waals surface area (Å²) in [5.74, 6) is -0.942. The van der Waals surface area contributed by atoms with Gasteiger partial charge in [0.2, 0.25) is 0 Å². The van der Waals surface area contributed by atoms with Gasteiger partial charge in [0.15, 0.2) is 0 Å². The molecule has 1 aliphatic heterocycles. The molecule has 1 aromatic heterocycles. The molecule has 182 valence electrons. The van der Waals surface area contributed by atoms with Crippen LogP contribution in [-0.4, -0.2) is 64.6 Å². The SMILES string of the molecule is COc1ccccc1C(=O)Nc1ccnn1C1CCN(CC(C)C)CC1.O=C(O)C(F)(F)F. The molecule has 0 atom stereocenters. The third-order valence-corrected chi connectivity index (χ3v) is 5.03. The molecule has 1 aliphatic rings. The Morgan fingerprint density at radius 2 is 1.82 bits per heavy atom. The minimum absolute atomic E-state index is 0.179. The number of aromatic nitrogens is 2. The van der Waals surface area contributed by atoms with Crippen LogP contribution in [-0.2, 0) is 4.79 Å². The van der Waals surface area contributed by atoms with E-state index in [0.29, 0.717) is 23.3 Å². The molecule has 2 aromatic rings. The molecule has 8 nitrogen and oxygen atoms in total. The second-order valence-corrected chi connectivity index (χ2v) is 8.04. The van der Waals surface area contributed by atoms with E-state index in [9.17, 15) is 18.0 Å². The Labute approximate surface area is 190 Å². The van der Waals surface area contributed by atoms with E-state index in [-0.39, 0.29) is 5.91 Å². The fraction of sp³-hybridized carbons (Fsp3) is 0.500. The number of amides is 1. The van der Waals surface area contributed by atoms with Gasteiger partial charge in [-0.2, -0.15) is 18.3 Å². The number of nitrogens with zero attached hydrogens (tertiary/aromatic N) is 3. The first-order chi connectivity index (χ1) is 15.5. The summed E-state index contributed by atoms with van der Waals surface area (Å²) in [5.41, 5.74) is 0.523. The van der Waals surface area contributed by atoms with E-state index >= 15 is 0 Å². The number of carbonyl (C=O) groups is 2. The zero-order valence-electron chi connectivity index (χ0n) is 18.8. The van der Waals surface area contributed by atoms with E-state index in [1.807, 2.05) is 22.9 Å². The number of nitrogens with one attached hydrogen (secondary N) is 1. The lowest BCUT2D eigenvalue weighted by Crippen LogP contribution is -2.37. The van der Waals surface area contributed by atoms with E-state index in [1.165, 1.54) is 0 Å². The van der Waals surface area contributed by atoms with Gasteiger partial charge in [0.1, 0.15) is 11.6 Å². The van der Waals surface area contributed by atoms with Crippen LogP contribution in [0.1, 0.15) is 43.1 Å². The largest absolute Gasteiger partial charge is 0.496 e. The molecule has 0 unspecified atom stereocenters. The molecule has 0 radical (unpaired) electrons. The average molecular weight is 470 g/mol. The Bertz CT molecular complexity index is 922. The van der Waals surface area contributed by atoms with Gasteiger partial charge in [0.05, 0.1) is 24.9 Å². The maximum Gasteiger partial charge on any atom is 0.490 e. The van der Waals surface area contributed by atoms with Gasteiger partial charge in [-0.1, -0.05) is 26.0 Å². The van der Waals surface area contributed by atoms with Crippen LogP contribution in [0.25, 0.3) is 0 Å². The quantitative estimate of drug-likeness (QED) is 0.661. The number of alkyl halides is 3. The first-order valence-corrected chi connectivity index (χ1v) is 10.5. The number of aliphatic carboxylic acids is 1. The smallest absolute Gasteiger partial charge is 0.490 e. The number of carbonyl (C=O) groups excluding carboxylic acids is 1. The lowest BCUT2D eigenvalue weighted by Gasteiger charge is -2.33. The van der Waals surface area contributed by atoms with Crippen molar-refractivity contribution in [2.45, 2.75) is 38.9 Å². The molecule has 0 bridgehead atoms. The van der Waals surface area contributed by atoms with E-state index < -0.39 is 12.1 Å². The monoisotopic (exact) mass is 470 g/mol. The van der Waals surface area contributed by atoms with Gasteiger partial charge >= 0.3 is 12.1 Å². The van der Waals surface area contributed by atoms with Crippen molar-refractivity contribution < 1.29 is 32.6 Å². The molecular formula is C22H29F3N4O4. The summed E-state index contributed by atoms with van der Waals surface area (Å²) in [6.45, 7) is 7.80. The van der Waals surface area contributed by atoms with Crippen LogP contribution in [0.5, 0.6) is 5.75 Å². The number of anilines is 1. The van der Waals surface area contributed by atoms with Crippen molar-refractivity contribution in [3.63, 3.8) is 0 Å². The minimum atomic E-state index is -5.08. The fourth-order valence-corrected chi connectivity index (χ4v) is 3.58. The number of para-hydroxylation sites is 1. The zero-order chi connectivity index (χ0) is 24.6. The number of carboxylic acid groups (broad SMARTS) is 1. The summed E-state index contributed by atoms with van der Waals surface area (Å²) in [4.78, 5) is 24.1. The third kappa shape index (κ3) is 7.77. The van der Waals surface area contributed by atoms with Crippen molar-refractivity contribution >= 4 is 17.7 Å². The maximum atomic E-state index is 12.7. The van der Waals surface area contributed by atoms with Crippen LogP contribution in [0.3, 0.4) is 0 Å². The highest BCUT2D eigenvalue weighted by atomic mass is 19.4. The molecule has 1 fully saturated rings. The Balaban J connectivity index is 0.000000479. The molecule has 0 saturated carbocycles. The second-order valence-electron chi connectivity index (χ2n) is 8.04. The van der Waals surface area contributed by atoms with E-state index in [0.717, 1.165) is 38.3 Å². The Kier molecular flexibility index (Phi) is 9.27. The first kappa shape index (κ1) is 26.2. The molecule has 3 rings (SSSR count). The Morgan fingerprint density at radius 1 is 1.21 bits per heavy atom. The highest BCUT2D eigenvalue weighted by Gasteiger charge is 2.38. The number of hydrogen-bond donors (Lipinski definition) is 2. The second kappa shape index (κ2) is 11.7. The van der Waals surface area contributed by atoms with Gasteiger partial charge in [-0.05, 0) is 30.9 Å². The highest BCUT2D eigenvalue weighted by Crippen LogP contribution is 2.26. The predicted octanol–water partition coefficient (Wildman–Crippen LogP) is 4.07. The third-order valence-electron chi connectivity index (χ3n) is 5.03. The number of carboxylic acids is 1. The van der Waals surface area contributed by atoms with Crippen molar-refractivity contribution in [1.82, 2.24) is 14.7 Å². The number of methoxy groups -OCH3 is 1. The van der Waals surface area contributed by atoms with E-state index in [4.69, 9.17) is 14.6 Å². The molecule has 0 aliphatic carbocycles. The minimum Gasteiger partial charge on any atom is -0.496 e. The Hall–Kier alpha value is -3.08. The van der Waals surface area contributed by atoms with Crippen molar-refractivity contribution in [2.24, 2.45) is 5.92 Å². The normalized spacial score (nSPS) is 15.0. The van der Waals surface area contributed by atoms with Crippen LogP contribution in [0.4, 0.5) is 19.0 Å². The molecule has 33 heavy (non-hydrogen) atoms. The molecule has 2 N–H and O–H groups in total. The lowest BCUT2D eigenvalue weighted by atomic mass is 10.0. The van der Waals surface area contributed by atoms with Gasteiger partial charge in [-0.25, -0.2) is 9.48 Å².